The van der Waals surface area contributed by atoms with Crippen LogP contribution in [0.4, 0.5) is 5.82 Å². The van der Waals surface area contributed by atoms with Crippen molar-refractivity contribution in [2.75, 3.05) is 5.48 Å². The van der Waals surface area contributed by atoms with Crippen LogP contribution in [0, 0.1) is 0 Å². The third-order valence-corrected chi connectivity index (χ3v) is 3.17. The molecule has 0 atom stereocenters. The smallest absolute Gasteiger partial charge is 0.291 e. The lowest BCUT2D eigenvalue weighted by Gasteiger charge is -2.19. The Labute approximate surface area is 127 Å². The highest BCUT2D eigenvalue weighted by molar-refractivity contribution is 5.32. The largest absolute Gasteiger partial charge is 0.346 e. The molecule has 5 heteroatoms. The molecular weight excluding hydrogens is 278 g/mol. The van der Waals surface area contributed by atoms with Crippen molar-refractivity contribution in [3.05, 3.63) is 94.5 Å². The normalized spacial score (nSPS) is 10.6. The van der Waals surface area contributed by atoms with E-state index in [4.69, 9.17) is 4.84 Å². The summed E-state index contributed by atoms with van der Waals surface area (Å²) in [6.07, 6.45) is 1.13. The molecule has 0 bridgehead atoms. The molecule has 110 valence electrons. The Balaban J connectivity index is 1.85. The van der Waals surface area contributed by atoms with Gasteiger partial charge in [0.2, 0.25) is 0 Å². The second-order valence-corrected chi connectivity index (χ2v) is 4.71. The van der Waals surface area contributed by atoms with E-state index >= 15 is 0 Å². The van der Waals surface area contributed by atoms with Crippen molar-refractivity contribution in [1.82, 2.24) is 9.97 Å². The maximum Gasteiger partial charge on any atom is 0.346 e. The SMILES string of the molecule is O=c1nccc(NOC(c2ccccc2)c2ccccc2)[nH]1. The summed E-state index contributed by atoms with van der Waals surface area (Å²) in [7, 11) is 0. The molecule has 3 rings (SSSR count). The molecule has 2 aromatic carbocycles. The van der Waals surface area contributed by atoms with Gasteiger partial charge in [-0.1, -0.05) is 60.7 Å². The summed E-state index contributed by atoms with van der Waals surface area (Å²) < 4.78 is 0. The Morgan fingerprint density at radius 1 is 0.909 bits per heavy atom. The maximum absolute atomic E-state index is 11.2. The van der Waals surface area contributed by atoms with Gasteiger partial charge in [-0.25, -0.2) is 15.3 Å². The number of rotatable bonds is 5. The van der Waals surface area contributed by atoms with Gasteiger partial charge >= 0.3 is 5.69 Å². The lowest BCUT2D eigenvalue weighted by atomic mass is 10.0. The molecule has 0 aliphatic rings. The molecular formula is C17H15N3O2. The number of nitrogens with zero attached hydrogens (tertiary/aromatic N) is 1. The Hall–Kier alpha value is -2.92. The molecule has 0 unspecified atom stereocenters. The van der Waals surface area contributed by atoms with Gasteiger partial charge in [-0.2, -0.15) is 0 Å². The molecule has 2 N–H and O–H groups in total. The van der Waals surface area contributed by atoms with E-state index in [-0.39, 0.29) is 6.10 Å². The summed E-state index contributed by atoms with van der Waals surface area (Å²) in [5, 5.41) is 0. The topological polar surface area (TPSA) is 67.0 Å². The summed E-state index contributed by atoms with van der Waals surface area (Å²) in [6, 6.07) is 21.4. The molecule has 1 aromatic heterocycles. The first-order chi connectivity index (χ1) is 10.8. The van der Waals surface area contributed by atoms with E-state index in [1.807, 2.05) is 60.7 Å². The minimum atomic E-state index is -0.426. The van der Waals surface area contributed by atoms with Gasteiger partial charge in [0.1, 0.15) is 11.9 Å². The number of aromatic amines is 1. The van der Waals surface area contributed by atoms with Crippen molar-refractivity contribution in [3.8, 4) is 0 Å². The van der Waals surface area contributed by atoms with Crippen LogP contribution in [-0.4, -0.2) is 9.97 Å². The Morgan fingerprint density at radius 3 is 2.05 bits per heavy atom. The monoisotopic (exact) mass is 293 g/mol. The number of aromatic nitrogens is 2. The quantitative estimate of drug-likeness (QED) is 0.710. The molecule has 0 spiro atoms. The number of benzene rings is 2. The van der Waals surface area contributed by atoms with Gasteiger partial charge < -0.3 is 0 Å². The van der Waals surface area contributed by atoms with Crippen LogP contribution in [0.5, 0.6) is 0 Å². The van der Waals surface area contributed by atoms with Gasteiger partial charge in [0.15, 0.2) is 0 Å². The minimum Gasteiger partial charge on any atom is -0.291 e. The second kappa shape index (κ2) is 6.69. The molecule has 5 nitrogen and oxygen atoms in total. The molecule has 0 saturated heterocycles. The number of H-pyrrole nitrogens is 1. The van der Waals surface area contributed by atoms with Crippen LogP contribution < -0.4 is 11.2 Å². The molecule has 0 fully saturated rings. The Bertz CT molecular complexity index is 733. The van der Waals surface area contributed by atoms with Crippen molar-refractivity contribution >= 4 is 5.82 Å². The van der Waals surface area contributed by atoms with Crippen molar-refractivity contribution < 1.29 is 4.84 Å². The number of anilines is 1. The molecule has 3 aromatic rings. The van der Waals surface area contributed by atoms with Crippen LogP contribution in [0.25, 0.3) is 0 Å². The van der Waals surface area contributed by atoms with E-state index in [9.17, 15) is 4.79 Å². The van der Waals surface area contributed by atoms with Crippen LogP contribution in [0.2, 0.25) is 0 Å². The Kier molecular flexibility index (Phi) is 4.27. The van der Waals surface area contributed by atoms with Crippen LogP contribution in [-0.2, 0) is 4.84 Å². The van der Waals surface area contributed by atoms with Crippen LogP contribution in [0.1, 0.15) is 17.2 Å². The zero-order chi connectivity index (χ0) is 15.2. The average molecular weight is 293 g/mol. The summed E-state index contributed by atoms with van der Waals surface area (Å²) >= 11 is 0. The van der Waals surface area contributed by atoms with Gasteiger partial charge in [-0.3, -0.25) is 9.82 Å². The van der Waals surface area contributed by atoms with E-state index in [1.165, 1.54) is 6.20 Å². The van der Waals surface area contributed by atoms with E-state index in [2.05, 4.69) is 15.4 Å². The summed E-state index contributed by atoms with van der Waals surface area (Å²) in [5.74, 6) is 0.455. The fourth-order valence-electron chi connectivity index (χ4n) is 2.13. The Morgan fingerprint density at radius 2 is 1.50 bits per heavy atom. The number of nitrogens with one attached hydrogen (secondary N) is 2. The molecule has 0 aliphatic heterocycles. The lowest BCUT2D eigenvalue weighted by Crippen LogP contribution is -2.16. The van der Waals surface area contributed by atoms with Crippen LogP contribution in [0.3, 0.4) is 0 Å². The highest BCUT2D eigenvalue weighted by atomic mass is 16.7. The first-order valence-corrected chi connectivity index (χ1v) is 6.90. The van der Waals surface area contributed by atoms with Gasteiger partial charge in [-0.05, 0) is 17.2 Å². The zero-order valence-corrected chi connectivity index (χ0v) is 11.8. The van der Waals surface area contributed by atoms with Gasteiger partial charge in [0, 0.05) is 6.20 Å². The number of hydrogen-bond acceptors (Lipinski definition) is 4. The van der Waals surface area contributed by atoms with Crippen LogP contribution >= 0.6 is 0 Å². The fourth-order valence-corrected chi connectivity index (χ4v) is 2.13. The van der Waals surface area contributed by atoms with E-state index < -0.39 is 5.69 Å². The highest BCUT2D eigenvalue weighted by Crippen LogP contribution is 2.25. The molecule has 0 amide bonds. The first-order valence-electron chi connectivity index (χ1n) is 6.90. The molecule has 0 aliphatic carbocycles. The van der Waals surface area contributed by atoms with Crippen molar-refractivity contribution in [3.63, 3.8) is 0 Å². The van der Waals surface area contributed by atoms with E-state index in [1.54, 1.807) is 6.07 Å². The van der Waals surface area contributed by atoms with Crippen molar-refractivity contribution in [2.45, 2.75) is 6.10 Å². The van der Waals surface area contributed by atoms with Gasteiger partial charge in [0.05, 0.1) is 0 Å². The van der Waals surface area contributed by atoms with Crippen molar-refractivity contribution in [1.29, 1.82) is 0 Å². The average Bonchev–Trinajstić information content (AvgIpc) is 2.57. The lowest BCUT2D eigenvalue weighted by molar-refractivity contribution is 0.131. The van der Waals surface area contributed by atoms with Crippen molar-refractivity contribution in [2.24, 2.45) is 0 Å². The number of hydrogen-bond donors (Lipinski definition) is 2. The van der Waals surface area contributed by atoms with E-state index in [0.717, 1.165) is 11.1 Å². The minimum absolute atomic E-state index is 0.293. The third kappa shape index (κ3) is 3.39. The first kappa shape index (κ1) is 14.0. The second-order valence-electron chi connectivity index (χ2n) is 4.71. The summed E-state index contributed by atoms with van der Waals surface area (Å²) in [6.45, 7) is 0. The molecule has 0 radical (unpaired) electrons. The predicted octanol–water partition coefficient (Wildman–Crippen LogP) is 2.90. The summed E-state index contributed by atoms with van der Waals surface area (Å²) in [5.41, 5.74) is 4.38. The third-order valence-electron chi connectivity index (χ3n) is 3.17. The maximum atomic E-state index is 11.2. The van der Waals surface area contributed by atoms with Crippen LogP contribution in [0.15, 0.2) is 77.7 Å². The van der Waals surface area contributed by atoms with Gasteiger partial charge in [0.25, 0.3) is 0 Å². The van der Waals surface area contributed by atoms with E-state index in [0.29, 0.717) is 5.82 Å². The molecule has 22 heavy (non-hydrogen) atoms. The zero-order valence-electron chi connectivity index (χ0n) is 11.8. The van der Waals surface area contributed by atoms with Gasteiger partial charge in [-0.15, -0.1) is 0 Å². The fraction of sp³-hybridized carbons (Fsp3) is 0.0588. The summed E-state index contributed by atoms with van der Waals surface area (Å²) in [4.78, 5) is 23.2. The standard InChI is InChI=1S/C17H15N3O2/c21-17-18-12-11-15(19-17)20-22-16(13-7-3-1-4-8-13)14-9-5-2-6-10-14/h1-12,16H,(H2,18,19,20,21). The predicted molar refractivity (Wildman–Crippen MR) is 84.3 cm³/mol. The highest BCUT2D eigenvalue weighted by Gasteiger charge is 2.15. The molecule has 0 saturated carbocycles. The molecule has 1 heterocycles.